The number of aromatic nitrogens is 3. The van der Waals surface area contributed by atoms with Crippen LogP contribution in [0.1, 0.15) is 34.8 Å². The van der Waals surface area contributed by atoms with Gasteiger partial charge < -0.3 is 9.64 Å². The zero-order valence-corrected chi connectivity index (χ0v) is 12.0. The van der Waals surface area contributed by atoms with E-state index in [1.807, 2.05) is 11.0 Å². The predicted molar refractivity (Wildman–Crippen MR) is 77.3 cm³/mol. The Morgan fingerprint density at radius 1 is 1.43 bits per heavy atom. The van der Waals surface area contributed by atoms with Crippen molar-refractivity contribution in [1.82, 2.24) is 20.1 Å². The monoisotopic (exact) mass is 286 g/mol. The van der Waals surface area contributed by atoms with E-state index in [9.17, 15) is 4.79 Å². The third kappa shape index (κ3) is 2.74. The fourth-order valence-electron chi connectivity index (χ4n) is 2.80. The molecule has 0 aromatic carbocycles. The largest absolute Gasteiger partial charge is 0.480 e. The summed E-state index contributed by atoms with van der Waals surface area (Å²) in [5, 5.41) is 7.00. The van der Waals surface area contributed by atoms with Crippen LogP contribution in [0.15, 0.2) is 30.6 Å². The Labute approximate surface area is 123 Å². The minimum absolute atomic E-state index is 0.0239. The van der Waals surface area contributed by atoms with Crippen molar-refractivity contribution in [2.45, 2.75) is 18.8 Å². The van der Waals surface area contributed by atoms with Crippen LogP contribution < -0.4 is 4.74 Å². The molecule has 1 fully saturated rings. The minimum atomic E-state index is -0.0239. The van der Waals surface area contributed by atoms with Gasteiger partial charge in [-0.05, 0) is 31.0 Å². The summed E-state index contributed by atoms with van der Waals surface area (Å²) in [7, 11) is 1.53. The van der Waals surface area contributed by atoms with E-state index in [-0.39, 0.29) is 5.91 Å². The molecule has 3 rings (SSSR count). The number of H-pyrrole nitrogens is 1. The van der Waals surface area contributed by atoms with Gasteiger partial charge in [-0.2, -0.15) is 5.10 Å². The summed E-state index contributed by atoms with van der Waals surface area (Å²) in [6.45, 7) is 1.46. The normalized spacial score (nSPS) is 18.5. The number of nitrogens with one attached hydrogen (secondary N) is 1. The smallest absolute Gasteiger partial charge is 0.259 e. The van der Waals surface area contributed by atoms with Crippen LogP contribution in [-0.2, 0) is 0 Å². The fourth-order valence-corrected chi connectivity index (χ4v) is 2.80. The maximum atomic E-state index is 12.7. The average Bonchev–Trinajstić information content (AvgIpc) is 3.09. The number of likely N-dealkylation sites (tertiary alicyclic amines) is 1. The summed E-state index contributed by atoms with van der Waals surface area (Å²) >= 11 is 0. The van der Waals surface area contributed by atoms with E-state index < -0.39 is 0 Å². The van der Waals surface area contributed by atoms with Crippen LogP contribution >= 0.6 is 0 Å². The van der Waals surface area contributed by atoms with E-state index in [1.165, 1.54) is 7.11 Å². The molecule has 0 aliphatic carbocycles. The van der Waals surface area contributed by atoms with Crippen LogP contribution in [0.3, 0.4) is 0 Å². The number of ether oxygens (including phenoxy) is 1. The Hall–Kier alpha value is -2.37. The molecule has 1 saturated heterocycles. The van der Waals surface area contributed by atoms with Gasteiger partial charge in [-0.25, -0.2) is 4.98 Å². The number of rotatable bonds is 3. The van der Waals surface area contributed by atoms with Crippen molar-refractivity contribution in [3.05, 3.63) is 41.9 Å². The molecule has 1 amide bonds. The Kier molecular flexibility index (Phi) is 3.85. The van der Waals surface area contributed by atoms with E-state index in [0.717, 1.165) is 25.1 Å². The number of amides is 1. The first-order valence-corrected chi connectivity index (χ1v) is 7.07. The van der Waals surface area contributed by atoms with Crippen molar-refractivity contribution in [1.29, 1.82) is 0 Å². The number of carbonyl (C=O) groups is 1. The Balaban J connectivity index is 1.78. The predicted octanol–water partition coefficient (Wildman–Crippen LogP) is 1.83. The molecule has 0 radical (unpaired) electrons. The second kappa shape index (κ2) is 5.95. The van der Waals surface area contributed by atoms with Crippen molar-refractivity contribution in [3.8, 4) is 5.88 Å². The van der Waals surface area contributed by atoms with Crippen LogP contribution in [0.4, 0.5) is 0 Å². The molecule has 2 aromatic rings. The van der Waals surface area contributed by atoms with E-state index in [2.05, 4.69) is 15.2 Å². The summed E-state index contributed by atoms with van der Waals surface area (Å²) in [6.07, 6.45) is 5.42. The van der Waals surface area contributed by atoms with Gasteiger partial charge >= 0.3 is 0 Å². The zero-order valence-electron chi connectivity index (χ0n) is 12.0. The first-order chi connectivity index (χ1) is 10.3. The van der Waals surface area contributed by atoms with Crippen LogP contribution in [0, 0.1) is 0 Å². The van der Waals surface area contributed by atoms with Crippen LogP contribution in [0.25, 0.3) is 0 Å². The van der Waals surface area contributed by atoms with Crippen LogP contribution in [0.2, 0.25) is 0 Å². The van der Waals surface area contributed by atoms with Crippen LogP contribution in [0.5, 0.6) is 5.88 Å². The maximum Gasteiger partial charge on any atom is 0.259 e. The summed E-state index contributed by atoms with van der Waals surface area (Å²) in [5.74, 6) is 0.670. The second-order valence-electron chi connectivity index (χ2n) is 5.16. The Bertz CT molecular complexity index is 612. The van der Waals surface area contributed by atoms with Gasteiger partial charge in [0.15, 0.2) is 0 Å². The molecule has 0 saturated carbocycles. The molecular weight excluding hydrogens is 268 g/mol. The van der Waals surface area contributed by atoms with Crippen molar-refractivity contribution in [3.63, 3.8) is 0 Å². The molecule has 1 aliphatic rings. The number of methoxy groups -OCH3 is 1. The highest BCUT2D eigenvalue weighted by Gasteiger charge is 2.27. The van der Waals surface area contributed by atoms with E-state index in [4.69, 9.17) is 4.74 Å². The molecule has 0 spiro atoms. The number of hydrogen-bond donors (Lipinski definition) is 1. The fraction of sp³-hybridized carbons (Fsp3) is 0.400. The highest BCUT2D eigenvalue weighted by Crippen LogP contribution is 2.27. The van der Waals surface area contributed by atoms with Crippen molar-refractivity contribution < 1.29 is 9.53 Å². The summed E-state index contributed by atoms with van der Waals surface area (Å²) in [6, 6.07) is 5.49. The van der Waals surface area contributed by atoms with Gasteiger partial charge in [0.05, 0.1) is 7.11 Å². The molecular formula is C15H18N4O2. The lowest BCUT2D eigenvalue weighted by Crippen LogP contribution is -2.39. The van der Waals surface area contributed by atoms with Gasteiger partial charge in [0, 0.05) is 37.1 Å². The highest BCUT2D eigenvalue weighted by molar-refractivity contribution is 5.96. The van der Waals surface area contributed by atoms with E-state index >= 15 is 0 Å². The second-order valence-corrected chi connectivity index (χ2v) is 5.16. The number of piperidine rings is 1. The molecule has 110 valence electrons. The quantitative estimate of drug-likeness (QED) is 0.934. The number of carbonyl (C=O) groups excluding carboxylic acids is 1. The molecule has 1 atom stereocenters. The molecule has 0 bridgehead atoms. The van der Waals surface area contributed by atoms with Crippen molar-refractivity contribution >= 4 is 5.91 Å². The molecule has 6 nitrogen and oxygen atoms in total. The minimum Gasteiger partial charge on any atom is -0.480 e. The van der Waals surface area contributed by atoms with Gasteiger partial charge in [0.1, 0.15) is 5.56 Å². The first-order valence-electron chi connectivity index (χ1n) is 7.07. The maximum absolute atomic E-state index is 12.7. The highest BCUT2D eigenvalue weighted by atomic mass is 16.5. The van der Waals surface area contributed by atoms with Gasteiger partial charge in [-0.15, -0.1) is 0 Å². The third-order valence-electron chi connectivity index (χ3n) is 3.87. The van der Waals surface area contributed by atoms with Crippen molar-refractivity contribution in [2.24, 2.45) is 0 Å². The number of nitrogens with zero attached hydrogens (tertiary/aromatic N) is 3. The first kappa shape index (κ1) is 13.6. The molecule has 3 heterocycles. The topological polar surface area (TPSA) is 71.1 Å². The summed E-state index contributed by atoms with van der Waals surface area (Å²) in [4.78, 5) is 18.6. The molecule has 1 unspecified atom stereocenters. The lowest BCUT2D eigenvalue weighted by atomic mass is 9.94. The average molecular weight is 286 g/mol. The molecule has 1 aliphatic heterocycles. The Morgan fingerprint density at radius 3 is 3.10 bits per heavy atom. The van der Waals surface area contributed by atoms with Gasteiger partial charge in [0.2, 0.25) is 5.88 Å². The van der Waals surface area contributed by atoms with Crippen molar-refractivity contribution in [2.75, 3.05) is 20.2 Å². The summed E-state index contributed by atoms with van der Waals surface area (Å²) in [5.41, 5.74) is 1.61. The molecule has 21 heavy (non-hydrogen) atoms. The Morgan fingerprint density at radius 2 is 2.33 bits per heavy atom. The standard InChI is InChI=1S/C15H18N4O2/c1-21-14-12(5-2-7-16-14)15(20)19-9-3-4-11(10-19)13-6-8-17-18-13/h2,5-8,11H,3-4,9-10H2,1H3,(H,17,18). The van der Waals surface area contributed by atoms with Gasteiger partial charge in [0.25, 0.3) is 5.91 Å². The number of pyridine rings is 1. The lowest BCUT2D eigenvalue weighted by molar-refractivity contribution is 0.0701. The van der Waals surface area contributed by atoms with Gasteiger partial charge in [-0.1, -0.05) is 0 Å². The van der Waals surface area contributed by atoms with E-state index in [1.54, 1.807) is 24.5 Å². The third-order valence-corrected chi connectivity index (χ3v) is 3.87. The van der Waals surface area contributed by atoms with E-state index in [0.29, 0.717) is 23.9 Å². The number of hydrogen-bond acceptors (Lipinski definition) is 4. The molecule has 6 heteroatoms. The number of aromatic amines is 1. The lowest BCUT2D eigenvalue weighted by Gasteiger charge is -2.32. The summed E-state index contributed by atoms with van der Waals surface area (Å²) < 4.78 is 5.18. The SMILES string of the molecule is COc1ncccc1C(=O)N1CCCC(c2ccn[nH]2)C1. The molecule has 2 aromatic heterocycles. The zero-order chi connectivity index (χ0) is 14.7. The molecule has 1 N–H and O–H groups in total. The van der Waals surface area contributed by atoms with Gasteiger partial charge in [-0.3, -0.25) is 9.89 Å². The van der Waals surface area contributed by atoms with Crippen LogP contribution in [-0.4, -0.2) is 46.2 Å².